The van der Waals surface area contributed by atoms with E-state index in [4.69, 9.17) is 0 Å². The summed E-state index contributed by atoms with van der Waals surface area (Å²) in [6.45, 7) is 0. The first-order valence-corrected chi connectivity index (χ1v) is 6.45. The first kappa shape index (κ1) is 11.7. The molecule has 0 aliphatic heterocycles. The molecule has 0 spiro atoms. The number of carbonyl (C=O) groups is 1. The minimum Gasteiger partial charge on any atom is -0.289 e. The summed E-state index contributed by atoms with van der Waals surface area (Å²) in [6, 6.07) is 9.12. The van der Waals surface area contributed by atoms with E-state index < -0.39 is 0 Å². The Morgan fingerprint density at radius 2 is 1.88 bits per heavy atom. The summed E-state index contributed by atoms with van der Waals surface area (Å²) < 4.78 is 1.85. The molecule has 0 fully saturated rings. The fourth-order valence-corrected chi connectivity index (χ4v) is 2.27. The molecule has 0 aliphatic carbocycles. The third-order valence-electron chi connectivity index (χ3n) is 2.12. The van der Waals surface area contributed by atoms with Gasteiger partial charge in [-0.1, -0.05) is 15.9 Å². The largest absolute Gasteiger partial charge is 0.289 e. The van der Waals surface area contributed by atoms with Crippen molar-refractivity contribution in [3.05, 3.63) is 61.9 Å². The molecule has 0 aliphatic rings. The van der Waals surface area contributed by atoms with Crippen molar-refractivity contribution < 1.29 is 4.79 Å². The van der Waals surface area contributed by atoms with Crippen LogP contribution in [0.1, 0.15) is 15.9 Å². The number of aromatic nitrogens is 1. The van der Waals surface area contributed by atoms with Crippen LogP contribution in [0.4, 0.5) is 0 Å². The van der Waals surface area contributed by atoms with E-state index in [1.165, 1.54) is 0 Å². The van der Waals surface area contributed by atoms with Gasteiger partial charge in [-0.05, 0) is 52.9 Å². The molecule has 0 saturated carbocycles. The van der Waals surface area contributed by atoms with Gasteiger partial charge < -0.3 is 0 Å². The monoisotopic (exact) mass is 387 g/mol. The van der Waals surface area contributed by atoms with Crippen LogP contribution in [0.5, 0.6) is 0 Å². The maximum absolute atomic E-state index is 12.2. The van der Waals surface area contributed by atoms with Crippen LogP contribution in [0.25, 0.3) is 0 Å². The van der Waals surface area contributed by atoms with E-state index in [9.17, 15) is 4.79 Å². The zero-order valence-corrected chi connectivity index (χ0v) is 11.9. The second-order valence-electron chi connectivity index (χ2n) is 3.19. The normalized spacial score (nSPS) is 10.1. The number of benzene rings is 1. The van der Waals surface area contributed by atoms with Gasteiger partial charge in [-0.2, -0.15) is 0 Å². The summed E-state index contributed by atoms with van der Waals surface area (Å²) in [4.78, 5) is 16.1. The number of rotatable bonds is 2. The lowest BCUT2D eigenvalue weighted by Crippen LogP contribution is -2.03. The molecule has 0 bridgehead atoms. The zero-order chi connectivity index (χ0) is 11.5. The lowest BCUT2D eigenvalue weighted by molar-refractivity contribution is 0.103. The molecular weight excluding hydrogens is 381 g/mol. The van der Waals surface area contributed by atoms with Gasteiger partial charge in [0.05, 0.1) is 0 Å². The van der Waals surface area contributed by atoms with E-state index in [0.717, 1.165) is 8.04 Å². The molecular formula is C12H7BrINO. The highest BCUT2D eigenvalue weighted by molar-refractivity contribution is 14.1. The topological polar surface area (TPSA) is 30.0 Å². The molecule has 0 amide bonds. The highest BCUT2D eigenvalue weighted by atomic mass is 127. The Labute approximate surface area is 115 Å². The Hall–Kier alpha value is -0.750. The van der Waals surface area contributed by atoms with Gasteiger partial charge in [0.1, 0.15) is 0 Å². The molecule has 0 radical (unpaired) electrons. The molecule has 1 aromatic heterocycles. The van der Waals surface area contributed by atoms with Crippen LogP contribution < -0.4 is 0 Å². The number of halogens is 2. The van der Waals surface area contributed by atoms with Gasteiger partial charge in [-0.3, -0.25) is 9.78 Å². The molecule has 0 N–H and O–H groups in total. The summed E-state index contributed by atoms with van der Waals surface area (Å²) in [7, 11) is 0. The highest BCUT2D eigenvalue weighted by Crippen LogP contribution is 2.21. The Morgan fingerprint density at radius 3 is 2.56 bits per heavy atom. The number of hydrogen-bond donors (Lipinski definition) is 0. The van der Waals surface area contributed by atoms with Crippen LogP contribution in [0, 0.1) is 3.57 Å². The van der Waals surface area contributed by atoms with Crippen molar-refractivity contribution in [1.29, 1.82) is 0 Å². The lowest BCUT2D eigenvalue weighted by atomic mass is 10.1. The smallest absolute Gasteiger partial charge is 0.194 e. The average Bonchev–Trinajstić information content (AvgIpc) is 2.32. The van der Waals surface area contributed by atoms with Crippen molar-refractivity contribution >= 4 is 44.3 Å². The van der Waals surface area contributed by atoms with Crippen LogP contribution in [0.3, 0.4) is 0 Å². The van der Waals surface area contributed by atoms with Crippen molar-refractivity contribution in [3.8, 4) is 0 Å². The third kappa shape index (κ3) is 2.49. The summed E-state index contributed by atoms with van der Waals surface area (Å²) >= 11 is 5.53. The first-order valence-electron chi connectivity index (χ1n) is 4.58. The Bertz CT molecular complexity index is 528. The third-order valence-corrected chi connectivity index (χ3v) is 3.55. The van der Waals surface area contributed by atoms with Crippen LogP contribution in [0.2, 0.25) is 0 Å². The second kappa shape index (κ2) is 5.05. The van der Waals surface area contributed by atoms with Gasteiger partial charge in [0.15, 0.2) is 5.78 Å². The minimum atomic E-state index is 0.0214. The molecule has 80 valence electrons. The predicted molar refractivity (Wildman–Crippen MR) is 74.5 cm³/mol. The van der Waals surface area contributed by atoms with Gasteiger partial charge in [-0.15, -0.1) is 0 Å². The average molecular weight is 388 g/mol. The molecule has 2 nitrogen and oxygen atoms in total. The molecule has 1 aromatic carbocycles. The van der Waals surface area contributed by atoms with Gasteiger partial charge in [0, 0.05) is 31.6 Å². The van der Waals surface area contributed by atoms with Crippen molar-refractivity contribution in [2.45, 2.75) is 0 Å². The van der Waals surface area contributed by atoms with Gasteiger partial charge in [-0.25, -0.2) is 0 Å². The molecule has 2 aromatic rings. The number of ketones is 1. The molecule has 1 heterocycles. The van der Waals surface area contributed by atoms with Gasteiger partial charge in [0.25, 0.3) is 0 Å². The van der Waals surface area contributed by atoms with Crippen LogP contribution in [0.15, 0.2) is 47.2 Å². The number of nitrogens with zero attached hydrogens (tertiary/aromatic N) is 1. The summed E-state index contributed by atoms with van der Waals surface area (Å²) in [5.74, 6) is 0.0214. The van der Waals surface area contributed by atoms with Crippen molar-refractivity contribution in [3.63, 3.8) is 0 Å². The highest BCUT2D eigenvalue weighted by Gasteiger charge is 2.12. The van der Waals surface area contributed by atoms with E-state index >= 15 is 0 Å². The summed E-state index contributed by atoms with van der Waals surface area (Å²) in [5.41, 5.74) is 1.37. The van der Waals surface area contributed by atoms with E-state index in [1.54, 1.807) is 24.5 Å². The van der Waals surface area contributed by atoms with Crippen molar-refractivity contribution in [2.24, 2.45) is 0 Å². The van der Waals surface area contributed by atoms with Gasteiger partial charge in [0.2, 0.25) is 0 Å². The molecule has 0 saturated heterocycles. The maximum atomic E-state index is 12.2. The number of hydrogen-bond acceptors (Lipinski definition) is 2. The predicted octanol–water partition coefficient (Wildman–Crippen LogP) is 3.68. The number of pyridine rings is 1. The first-order chi connectivity index (χ1) is 7.68. The SMILES string of the molecule is O=C(c1ccncc1)c1cc(Br)ccc1I. The minimum absolute atomic E-state index is 0.0214. The molecule has 0 unspecified atom stereocenters. The summed E-state index contributed by atoms with van der Waals surface area (Å²) in [5, 5.41) is 0. The lowest BCUT2D eigenvalue weighted by Gasteiger charge is -2.04. The van der Waals surface area contributed by atoms with E-state index in [0.29, 0.717) is 11.1 Å². The Morgan fingerprint density at radius 1 is 1.19 bits per heavy atom. The van der Waals surface area contributed by atoms with Crippen LogP contribution in [-0.4, -0.2) is 10.8 Å². The fourth-order valence-electron chi connectivity index (χ4n) is 1.33. The second-order valence-corrected chi connectivity index (χ2v) is 5.27. The molecule has 2 rings (SSSR count). The standard InChI is InChI=1S/C12H7BrINO/c13-9-1-2-11(14)10(7-9)12(16)8-3-5-15-6-4-8/h1-7H. The quantitative estimate of drug-likeness (QED) is 0.581. The molecule has 0 atom stereocenters. The fraction of sp³-hybridized carbons (Fsp3) is 0. The summed E-state index contributed by atoms with van der Waals surface area (Å²) in [6.07, 6.45) is 3.25. The van der Waals surface area contributed by atoms with Crippen molar-refractivity contribution in [1.82, 2.24) is 4.98 Å². The van der Waals surface area contributed by atoms with E-state index in [1.807, 2.05) is 18.2 Å². The molecule has 4 heteroatoms. The van der Waals surface area contributed by atoms with Gasteiger partial charge >= 0.3 is 0 Å². The van der Waals surface area contributed by atoms with E-state index in [-0.39, 0.29) is 5.78 Å². The molecule has 16 heavy (non-hydrogen) atoms. The van der Waals surface area contributed by atoms with Crippen LogP contribution >= 0.6 is 38.5 Å². The Kier molecular flexibility index (Phi) is 3.70. The zero-order valence-electron chi connectivity index (χ0n) is 8.15. The van der Waals surface area contributed by atoms with Crippen LogP contribution in [-0.2, 0) is 0 Å². The van der Waals surface area contributed by atoms with E-state index in [2.05, 4.69) is 43.5 Å². The Balaban J connectivity index is 2.46. The van der Waals surface area contributed by atoms with Crippen molar-refractivity contribution in [2.75, 3.05) is 0 Å². The number of carbonyl (C=O) groups excluding carboxylic acids is 1. The maximum Gasteiger partial charge on any atom is 0.194 e.